The maximum atomic E-state index is 12.9. The molecule has 3 aromatic rings. The van der Waals surface area contributed by atoms with E-state index in [4.69, 9.17) is 0 Å². The molecule has 0 saturated heterocycles. The van der Waals surface area contributed by atoms with Gasteiger partial charge in [-0.05, 0) is 52.7 Å². The van der Waals surface area contributed by atoms with Crippen LogP contribution in [0.2, 0.25) is 0 Å². The molecule has 0 radical (unpaired) electrons. The minimum Gasteiger partial charge on any atom is -0.346 e. The third-order valence-corrected chi connectivity index (χ3v) is 7.33. The standard InChI is InChI=1S/C20H23BrN4O3S/c1-4-25(5-2)29(27,28)18-10-15(7-6-14(18)3)20(26)22-11-17-13-24-12-16(21)8-9-19(24)23-17/h6-10,12-13H,4-5,11H2,1-3H3,(H,22,26). The molecule has 1 N–H and O–H groups in total. The molecule has 1 aromatic carbocycles. The number of aryl methyl sites for hydroxylation is 1. The zero-order chi connectivity index (χ0) is 21.2. The van der Waals surface area contributed by atoms with Gasteiger partial charge < -0.3 is 9.72 Å². The largest absolute Gasteiger partial charge is 0.346 e. The zero-order valence-electron chi connectivity index (χ0n) is 16.5. The van der Waals surface area contributed by atoms with E-state index in [1.165, 1.54) is 10.4 Å². The van der Waals surface area contributed by atoms with E-state index in [1.54, 1.807) is 32.9 Å². The molecule has 2 heterocycles. The van der Waals surface area contributed by atoms with Gasteiger partial charge in [-0.1, -0.05) is 19.9 Å². The van der Waals surface area contributed by atoms with Crippen LogP contribution in [0, 0.1) is 6.92 Å². The van der Waals surface area contributed by atoms with Crippen LogP contribution in [0.5, 0.6) is 0 Å². The summed E-state index contributed by atoms with van der Waals surface area (Å²) < 4.78 is 29.9. The van der Waals surface area contributed by atoms with Crippen molar-refractivity contribution in [3.05, 3.63) is 64.0 Å². The van der Waals surface area contributed by atoms with Crippen LogP contribution in [-0.4, -0.2) is 41.1 Å². The first-order chi connectivity index (χ1) is 13.8. The van der Waals surface area contributed by atoms with Gasteiger partial charge in [-0.3, -0.25) is 4.79 Å². The highest BCUT2D eigenvalue weighted by molar-refractivity contribution is 9.10. The van der Waals surface area contributed by atoms with Gasteiger partial charge >= 0.3 is 0 Å². The molecule has 0 fully saturated rings. The van der Waals surface area contributed by atoms with Gasteiger partial charge in [0.1, 0.15) is 5.65 Å². The summed E-state index contributed by atoms with van der Waals surface area (Å²) in [7, 11) is -3.64. The fraction of sp³-hybridized carbons (Fsp3) is 0.300. The van der Waals surface area contributed by atoms with Crippen molar-refractivity contribution in [2.45, 2.75) is 32.2 Å². The van der Waals surface area contributed by atoms with E-state index >= 15 is 0 Å². The van der Waals surface area contributed by atoms with E-state index in [2.05, 4.69) is 26.2 Å². The minimum atomic E-state index is -3.64. The third-order valence-electron chi connectivity index (χ3n) is 4.67. The van der Waals surface area contributed by atoms with Gasteiger partial charge in [-0.15, -0.1) is 0 Å². The number of hydrogen-bond acceptors (Lipinski definition) is 4. The van der Waals surface area contributed by atoms with Crippen LogP contribution >= 0.6 is 15.9 Å². The molecule has 0 saturated carbocycles. The molecular weight excluding hydrogens is 456 g/mol. The maximum absolute atomic E-state index is 12.9. The van der Waals surface area contributed by atoms with Gasteiger partial charge in [-0.25, -0.2) is 13.4 Å². The number of imidazole rings is 1. The van der Waals surface area contributed by atoms with E-state index in [9.17, 15) is 13.2 Å². The van der Waals surface area contributed by atoms with Crippen LogP contribution in [-0.2, 0) is 16.6 Å². The fourth-order valence-electron chi connectivity index (χ4n) is 3.10. The summed E-state index contributed by atoms with van der Waals surface area (Å²) in [5.41, 5.74) is 2.40. The lowest BCUT2D eigenvalue weighted by Crippen LogP contribution is -2.31. The summed E-state index contributed by atoms with van der Waals surface area (Å²) in [6.45, 7) is 6.30. The van der Waals surface area contributed by atoms with Crippen LogP contribution in [0.1, 0.15) is 35.5 Å². The first kappa shape index (κ1) is 21.5. The van der Waals surface area contributed by atoms with E-state index < -0.39 is 10.0 Å². The highest BCUT2D eigenvalue weighted by Gasteiger charge is 2.24. The number of sulfonamides is 1. The lowest BCUT2D eigenvalue weighted by Gasteiger charge is -2.20. The number of nitrogens with one attached hydrogen (secondary N) is 1. The topological polar surface area (TPSA) is 83.8 Å². The first-order valence-electron chi connectivity index (χ1n) is 9.28. The Morgan fingerprint density at radius 3 is 2.59 bits per heavy atom. The van der Waals surface area contributed by atoms with Crippen LogP contribution in [0.3, 0.4) is 0 Å². The summed E-state index contributed by atoms with van der Waals surface area (Å²) in [5, 5.41) is 2.81. The number of hydrogen-bond donors (Lipinski definition) is 1. The molecule has 0 aliphatic heterocycles. The van der Waals surface area contributed by atoms with E-state index in [-0.39, 0.29) is 17.3 Å². The van der Waals surface area contributed by atoms with Crippen molar-refractivity contribution in [3.8, 4) is 0 Å². The molecule has 29 heavy (non-hydrogen) atoms. The van der Waals surface area contributed by atoms with E-state index in [1.807, 2.05) is 28.9 Å². The number of amides is 1. The molecule has 2 aromatic heterocycles. The second-order valence-corrected chi connectivity index (χ2v) is 9.42. The van der Waals surface area contributed by atoms with Gasteiger partial charge in [0.15, 0.2) is 0 Å². The predicted molar refractivity (Wildman–Crippen MR) is 115 cm³/mol. The number of halogens is 1. The highest BCUT2D eigenvalue weighted by Crippen LogP contribution is 2.21. The van der Waals surface area contributed by atoms with E-state index in [0.29, 0.717) is 29.9 Å². The molecular formula is C20H23BrN4O3S. The summed E-state index contributed by atoms with van der Waals surface area (Å²) in [4.78, 5) is 17.2. The molecule has 0 aliphatic rings. The Morgan fingerprint density at radius 2 is 1.90 bits per heavy atom. The Balaban J connectivity index is 1.80. The molecule has 0 aliphatic carbocycles. The van der Waals surface area contributed by atoms with Crippen molar-refractivity contribution >= 4 is 37.5 Å². The number of nitrogens with zero attached hydrogens (tertiary/aromatic N) is 3. The fourth-order valence-corrected chi connectivity index (χ4v) is 5.16. The molecule has 0 atom stereocenters. The molecule has 0 spiro atoms. The first-order valence-corrected chi connectivity index (χ1v) is 11.5. The van der Waals surface area contributed by atoms with Crippen LogP contribution in [0.4, 0.5) is 0 Å². The Bertz CT molecular complexity index is 1150. The predicted octanol–water partition coefficient (Wildman–Crippen LogP) is 3.37. The number of aromatic nitrogens is 2. The number of carbonyl (C=O) groups is 1. The third kappa shape index (κ3) is 4.52. The van der Waals surface area contributed by atoms with E-state index in [0.717, 1.165) is 10.1 Å². The molecule has 9 heteroatoms. The van der Waals surface area contributed by atoms with Gasteiger partial charge in [-0.2, -0.15) is 4.31 Å². The normalized spacial score (nSPS) is 11.9. The second kappa shape index (κ2) is 8.64. The monoisotopic (exact) mass is 478 g/mol. The highest BCUT2D eigenvalue weighted by atomic mass is 79.9. The lowest BCUT2D eigenvalue weighted by molar-refractivity contribution is 0.0950. The van der Waals surface area contributed by atoms with Crippen molar-refractivity contribution in [1.82, 2.24) is 19.0 Å². The second-order valence-electron chi connectivity index (χ2n) is 6.60. The number of benzene rings is 1. The van der Waals surface area contributed by atoms with Gasteiger partial charge in [0.25, 0.3) is 5.91 Å². The Hall–Kier alpha value is -2.23. The summed E-state index contributed by atoms with van der Waals surface area (Å²) >= 11 is 3.41. The Labute approximate surface area is 178 Å². The molecule has 0 unspecified atom stereocenters. The quantitative estimate of drug-likeness (QED) is 0.564. The molecule has 7 nitrogen and oxygen atoms in total. The summed E-state index contributed by atoms with van der Waals surface area (Å²) in [6.07, 6.45) is 3.73. The van der Waals surface area contributed by atoms with Gasteiger partial charge in [0, 0.05) is 35.5 Å². The van der Waals surface area contributed by atoms with Gasteiger partial charge in [0.2, 0.25) is 10.0 Å². The summed E-state index contributed by atoms with van der Waals surface area (Å²) in [6, 6.07) is 8.51. The lowest BCUT2D eigenvalue weighted by atomic mass is 10.1. The van der Waals surface area contributed by atoms with Crippen molar-refractivity contribution in [2.24, 2.45) is 0 Å². The average Bonchev–Trinajstić information content (AvgIpc) is 3.09. The van der Waals surface area contributed by atoms with Crippen LogP contribution in [0.25, 0.3) is 5.65 Å². The van der Waals surface area contributed by atoms with Gasteiger partial charge in [0.05, 0.1) is 17.1 Å². The van der Waals surface area contributed by atoms with Crippen LogP contribution < -0.4 is 5.32 Å². The molecule has 0 bridgehead atoms. The maximum Gasteiger partial charge on any atom is 0.251 e. The number of rotatable bonds is 7. The SMILES string of the molecule is CCN(CC)S(=O)(=O)c1cc(C(=O)NCc2cn3cc(Br)ccc3n2)ccc1C. The number of carbonyl (C=O) groups excluding carboxylic acids is 1. The Morgan fingerprint density at radius 1 is 1.17 bits per heavy atom. The molecule has 154 valence electrons. The van der Waals surface area contributed by atoms with Crippen molar-refractivity contribution < 1.29 is 13.2 Å². The summed E-state index contributed by atoms with van der Waals surface area (Å²) in [5.74, 6) is -0.348. The van der Waals surface area contributed by atoms with Crippen molar-refractivity contribution in [3.63, 3.8) is 0 Å². The average molecular weight is 479 g/mol. The number of pyridine rings is 1. The number of fused-ring (bicyclic) bond motifs is 1. The minimum absolute atomic E-state index is 0.159. The molecule has 3 rings (SSSR count). The molecule has 1 amide bonds. The zero-order valence-corrected chi connectivity index (χ0v) is 18.9. The van der Waals surface area contributed by atoms with Crippen molar-refractivity contribution in [2.75, 3.05) is 13.1 Å². The smallest absolute Gasteiger partial charge is 0.251 e. The van der Waals surface area contributed by atoms with Crippen LogP contribution in [0.15, 0.2) is 52.1 Å². The van der Waals surface area contributed by atoms with Crippen molar-refractivity contribution in [1.29, 1.82) is 0 Å². The Kier molecular flexibility index (Phi) is 6.40.